The molecule has 0 bridgehead atoms. The summed E-state index contributed by atoms with van der Waals surface area (Å²) < 4.78 is 0.832. The number of nitrogens with zero attached hydrogens (tertiary/aromatic N) is 1. The monoisotopic (exact) mass is 252 g/mol. The molecule has 1 N–H and O–H groups in total. The molecule has 0 fully saturated rings. The van der Waals surface area contributed by atoms with Crippen LogP contribution in [0, 0.1) is 12.3 Å². The van der Waals surface area contributed by atoms with Crippen LogP contribution in [0.1, 0.15) is 19.8 Å². The molecule has 1 rings (SSSR count). The number of anilines is 1. The van der Waals surface area contributed by atoms with Gasteiger partial charge in [0.15, 0.2) is 0 Å². The minimum absolute atomic E-state index is 0.307. The van der Waals surface area contributed by atoms with Crippen molar-refractivity contribution >= 4 is 21.7 Å². The highest BCUT2D eigenvalue weighted by Crippen LogP contribution is 2.12. The largest absolute Gasteiger partial charge is 0.366 e. The molecule has 0 spiro atoms. The first-order valence-electron chi connectivity index (χ1n) is 4.58. The van der Waals surface area contributed by atoms with Crippen molar-refractivity contribution in [2.24, 2.45) is 0 Å². The standard InChI is InChI=1S/C11H13BrN2/c1-3-6-9(4-2)13-11-8-5-7-10(12)14-11/h1,5,7-9H,4,6H2,2H3,(H,13,14). The Balaban J connectivity index is 2.63. The minimum Gasteiger partial charge on any atom is -0.366 e. The lowest BCUT2D eigenvalue weighted by Gasteiger charge is -2.14. The van der Waals surface area contributed by atoms with E-state index in [0.29, 0.717) is 6.04 Å². The molecule has 0 aromatic carbocycles. The van der Waals surface area contributed by atoms with Crippen LogP contribution in [0.15, 0.2) is 22.8 Å². The minimum atomic E-state index is 0.307. The van der Waals surface area contributed by atoms with Crippen LogP contribution in [0.4, 0.5) is 5.82 Å². The molecule has 14 heavy (non-hydrogen) atoms. The van der Waals surface area contributed by atoms with Crippen LogP contribution in [0.5, 0.6) is 0 Å². The van der Waals surface area contributed by atoms with E-state index in [1.807, 2.05) is 18.2 Å². The SMILES string of the molecule is C#CCC(CC)Nc1cccc(Br)n1. The van der Waals surface area contributed by atoms with Crippen LogP contribution in [0.3, 0.4) is 0 Å². The second-order valence-corrected chi connectivity index (χ2v) is 3.82. The van der Waals surface area contributed by atoms with Gasteiger partial charge in [0.1, 0.15) is 10.4 Å². The first kappa shape index (κ1) is 11.1. The lowest BCUT2D eigenvalue weighted by atomic mass is 10.1. The summed E-state index contributed by atoms with van der Waals surface area (Å²) in [4.78, 5) is 4.28. The van der Waals surface area contributed by atoms with E-state index < -0.39 is 0 Å². The summed E-state index contributed by atoms with van der Waals surface area (Å²) in [5.74, 6) is 3.51. The van der Waals surface area contributed by atoms with E-state index in [9.17, 15) is 0 Å². The highest BCUT2D eigenvalue weighted by Gasteiger charge is 2.04. The Kier molecular flexibility index (Phi) is 4.48. The number of pyridine rings is 1. The van der Waals surface area contributed by atoms with E-state index in [0.717, 1.165) is 23.3 Å². The van der Waals surface area contributed by atoms with Gasteiger partial charge in [0.25, 0.3) is 0 Å². The average molecular weight is 253 g/mol. The summed E-state index contributed by atoms with van der Waals surface area (Å²) in [7, 11) is 0. The lowest BCUT2D eigenvalue weighted by Crippen LogP contribution is -2.18. The smallest absolute Gasteiger partial charge is 0.127 e. The van der Waals surface area contributed by atoms with Crippen molar-refractivity contribution in [3.05, 3.63) is 22.8 Å². The zero-order chi connectivity index (χ0) is 10.4. The van der Waals surface area contributed by atoms with Gasteiger partial charge in [-0.3, -0.25) is 0 Å². The molecule has 0 aliphatic rings. The molecular weight excluding hydrogens is 240 g/mol. The molecule has 1 atom stereocenters. The Morgan fingerprint density at radius 1 is 1.64 bits per heavy atom. The Labute approximate surface area is 93.3 Å². The third kappa shape index (κ3) is 3.39. The van der Waals surface area contributed by atoms with Gasteiger partial charge in [-0.2, -0.15) is 0 Å². The van der Waals surface area contributed by atoms with Crippen molar-refractivity contribution in [3.63, 3.8) is 0 Å². The number of aromatic nitrogens is 1. The maximum absolute atomic E-state index is 5.27. The van der Waals surface area contributed by atoms with Crippen molar-refractivity contribution in [2.75, 3.05) is 5.32 Å². The molecular formula is C11H13BrN2. The van der Waals surface area contributed by atoms with Gasteiger partial charge in [0.2, 0.25) is 0 Å². The summed E-state index contributed by atoms with van der Waals surface area (Å²) >= 11 is 3.32. The molecule has 0 amide bonds. The van der Waals surface area contributed by atoms with Crippen LogP contribution in [-0.2, 0) is 0 Å². The van der Waals surface area contributed by atoms with Gasteiger partial charge in [-0.1, -0.05) is 13.0 Å². The van der Waals surface area contributed by atoms with Crippen LogP contribution < -0.4 is 5.32 Å². The Morgan fingerprint density at radius 3 is 3.00 bits per heavy atom. The van der Waals surface area contributed by atoms with Crippen LogP contribution in [0.2, 0.25) is 0 Å². The van der Waals surface area contributed by atoms with Crippen molar-refractivity contribution in [1.82, 2.24) is 4.98 Å². The molecule has 1 unspecified atom stereocenters. The van der Waals surface area contributed by atoms with Gasteiger partial charge in [0, 0.05) is 12.5 Å². The summed E-state index contributed by atoms with van der Waals surface area (Å²) in [6.45, 7) is 2.10. The summed E-state index contributed by atoms with van der Waals surface area (Å²) in [6.07, 6.45) is 6.99. The lowest BCUT2D eigenvalue weighted by molar-refractivity contribution is 0.711. The molecule has 0 radical (unpaired) electrons. The van der Waals surface area contributed by atoms with Crippen molar-refractivity contribution in [2.45, 2.75) is 25.8 Å². The molecule has 2 nitrogen and oxygen atoms in total. The molecule has 74 valence electrons. The first-order chi connectivity index (χ1) is 6.76. The normalized spacial score (nSPS) is 11.8. The van der Waals surface area contributed by atoms with Crippen molar-refractivity contribution in [1.29, 1.82) is 0 Å². The molecule has 1 aromatic heterocycles. The highest BCUT2D eigenvalue weighted by molar-refractivity contribution is 9.10. The number of hydrogen-bond donors (Lipinski definition) is 1. The molecule has 0 saturated carbocycles. The Hall–Kier alpha value is -1.01. The zero-order valence-electron chi connectivity index (χ0n) is 8.13. The van der Waals surface area contributed by atoms with Gasteiger partial charge < -0.3 is 5.32 Å². The van der Waals surface area contributed by atoms with E-state index in [2.05, 4.69) is 39.1 Å². The summed E-state index contributed by atoms with van der Waals surface area (Å²) in [5.41, 5.74) is 0. The third-order valence-corrected chi connectivity index (χ3v) is 2.37. The summed E-state index contributed by atoms with van der Waals surface area (Å²) in [6, 6.07) is 6.08. The van der Waals surface area contributed by atoms with Gasteiger partial charge >= 0.3 is 0 Å². The number of nitrogens with one attached hydrogen (secondary N) is 1. The second-order valence-electron chi connectivity index (χ2n) is 3.00. The molecule has 0 aliphatic heterocycles. The van der Waals surface area contributed by atoms with Gasteiger partial charge in [-0.05, 0) is 34.5 Å². The maximum Gasteiger partial charge on any atom is 0.127 e. The van der Waals surface area contributed by atoms with Gasteiger partial charge in [-0.25, -0.2) is 4.98 Å². The quantitative estimate of drug-likeness (QED) is 0.659. The van der Waals surface area contributed by atoms with Gasteiger partial charge in [-0.15, -0.1) is 12.3 Å². The zero-order valence-corrected chi connectivity index (χ0v) is 9.71. The molecule has 0 aliphatic carbocycles. The van der Waals surface area contributed by atoms with Gasteiger partial charge in [0.05, 0.1) is 0 Å². The predicted molar refractivity (Wildman–Crippen MR) is 63.1 cm³/mol. The maximum atomic E-state index is 5.27. The molecule has 1 heterocycles. The fraction of sp³-hybridized carbons (Fsp3) is 0.364. The molecule has 0 saturated heterocycles. The van der Waals surface area contributed by atoms with E-state index in [1.165, 1.54) is 0 Å². The fourth-order valence-corrected chi connectivity index (χ4v) is 1.48. The summed E-state index contributed by atoms with van der Waals surface area (Å²) in [5, 5.41) is 3.29. The third-order valence-electron chi connectivity index (χ3n) is 1.92. The molecule has 1 aromatic rings. The van der Waals surface area contributed by atoms with E-state index in [-0.39, 0.29) is 0 Å². The van der Waals surface area contributed by atoms with Crippen molar-refractivity contribution < 1.29 is 0 Å². The van der Waals surface area contributed by atoms with Crippen molar-refractivity contribution in [3.8, 4) is 12.3 Å². The van der Waals surface area contributed by atoms with E-state index in [1.54, 1.807) is 0 Å². The molecule has 3 heteroatoms. The van der Waals surface area contributed by atoms with E-state index >= 15 is 0 Å². The Morgan fingerprint density at radius 2 is 2.43 bits per heavy atom. The van der Waals surface area contributed by atoms with Crippen LogP contribution in [0.25, 0.3) is 0 Å². The number of halogens is 1. The van der Waals surface area contributed by atoms with Crippen LogP contribution in [-0.4, -0.2) is 11.0 Å². The van der Waals surface area contributed by atoms with E-state index in [4.69, 9.17) is 6.42 Å². The van der Waals surface area contributed by atoms with Crippen LogP contribution >= 0.6 is 15.9 Å². The predicted octanol–water partition coefficient (Wildman–Crippen LogP) is 3.06. The fourth-order valence-electron chi connectivity index (χ4n) is 1.14. The first-order valence-corrected chi connectivity index (χ1v) is 5.38. The highest BCUT2D eigenvalue weighted by atomic mass is 79.9. The number of hydrogen-bond acceptors (Lipinski definition) is 2. The number of terminal acetylenes is 1. The number of rotatable bonds is 4. The topological polar surface area (TPSA) is 24.9 Å². The average Bonchev–Trinajstić information content (AvgIpc) is 2.17. The Bertz CT molecular complexity index is 330. The second kappa shape index (κ2) is 5.66.